The molecule has 27 heavy (non-hydrogen) atoms. The Morgan fingerprint density at radius 3 is 2.56 bits per heavy atom. The molecule has 0 atom stereocenters. The van der Waals surface area contributed by atoms with Crippen LogP contribution in [0.5, 0.6) is 5.75 Å². The van der Waals surface area contributed by atoms with Crippen molar-refractivity contribution in [2.45, 2.75) is 0 Å². The summed E-state index contributed by atoms with van der Waals surface area (Å²) in [5.74, 6) is -0.585. The number of nitrogens with one attached hydrogen (secondary N) is 1. The van der Waals surface area contributed by atoms with Crippen molar-refractivity contribution in [1.82, 2.24) is 0 Å². The fourth-order valence-corrected chi connectivity index (χ4v) is 3.31. The molecule has 0 spiro atoms. The lowest BCUT2D eigenvalue weighted by atomic mass is 10.2. The first kappa shape index (κ1) is 20.5. The second kappa shape index (κ2) is 8.23. The third-order valence-electron chi connectivity index (χ3n) is 3.44. The van der Waals surface area contributed by atoms with Crippen molar-refractivity contribution in [3.05, 3.63) is 57.6 Å². The number of sulfonamides is 1. The van der Waals surface area contributed by atoms with Crippen LogP contribution < -0.4 is 14.4 Å². The van der Waals surface area contributed by atoms with Crippen molar-refractivity contribution in [2.24, 2.45) is 0 Å². The number of hydrogen-bond donors (Lipinski definition) is 1. The van der Waals surface area contributed by atoms with E-state index in [4.69, 9.17) is 16.3 Å². The van der Waals surface area contributed by atoms with E-state index in [1.54, 1.807) is 18.2 Å². The van der Waals surface area contributed by atoms with Gasteiger partial charge in [0.25, 0.3) is 5.69 Å². The monoisotopic (exact) mass is 413 g/mol. The molecule has 9 nitrogen and oxygen atoms in total. The molecule has 1 N–H and O–H groups in total. The minimum absolute atomic E-state index is 0.0709. The molecule has 0 aliphatic carbocycles. The molecule has 2 rings (SSSR count). The van der Waals surface area contributed by atoms with Crippen molar-refractivity contribution in [3.63, 3.8) is 0 Å². The van der Waals surface area contributed by atoms with Crippen LogP contribution in [0.1, 0.15) is 0 Å². The number of anilines is 2. The third kappa shape index (κ3) is 5.31. The molecule has 2 aromatic rings. The summed E-state index contributed by atoms with van der Waals surface area (Å²) in [6.07, 6.45) is 0.887. The Morgan fingerprint density at radius 1 is 1.30 bits per heavy atom. The van der Waals surface area contributed by atoms with E-state index in [2.05, 4.69) is 5.32 Å². The second-order valence-electron chi connectivity index (χ2n) is 5.44. The number of nitro groups is 1. The highest BCUT2D eigenvalue weighted by molar-refractivity contribution is 7.92. The number of carbonyl (C=O) groups excluding carboxylic acids is 1. The first-order valence-corrected chi connectivity index (χ1v) is 9.70. The van der Waals surface area contributed by atoms with Crippen LogP contribution in [0.25, 0.3) is 0 Å². The first-order chi connectivity index (χ1) is 12.6. The van der Waals surface area contributed by atoms with E-state index in [1.807, 2.05) is 0 Å². The maximum atomic E-state index is 12.3. The lowest BCUT2D eigenvalue weighted by Crippen LogP contribution is -2.37. The minimum atomic E-state index is -3.94. The molecule has 0 fully saturated rings. The largest absolute Gasteiger partial charge is 0.495 e. The molecular weight excluding hydrogens is 398 g/mol. The van der Waals surface area contributed by atoms with Gasteiger partial charge in [0.05, 0.1) is 18.3 Å². The second-order valence-corrected chi connectivity index (χ2v) is 7.78. The topological polar surface area (TPSA) is 119 Å². The number of hydrogen-bond acceptors (Lipinski definition) is 6. The number of ether oxygens (including phenoxy) is 1. The Kier molecular flexibility index (Phi) is 6.24. The molecule has 144 valence electrons. The smallest absolute Gasteiger partial charge is 0.271 e. The van der Waals surface area contributed by atoms with Crippen molar-refractivity contribution < 1.29 is 22.9 Å². The normalized spacial score (nSPS) is 10.9. The van der Waals surface area contributed by atoms with E-state index >= 15 is 0 Å². The molecule has 11 heteroatoms. The molecule has 1 amide bonds. The van der Waals surface area contributed by atoms with Crippen LogP contribution in [0.3, 0.4) is 0 Å². The van der Waals surface area contributed by atoms with E-state index in [0.717, 1.165) is 16.6 Å². The van der Waals surface area contributed by atoms with Gasteiger partial charge in [-0.1, -0.05) is 17.7 Å². The van der Waals surface area contributed by atoms with Gasteiger partial charge in [-0.15, -0.1) is 0 Å². The molecule has 0 saturated carbocycles. The summed E-state index contributed by atoms with van der Waals surface area (Å²) in [6, 6.07) is 9.80. The zero-order chi connectivity index (χ0) is 20.2. The van der Waals surface area contributed by atoms with E-state index in [0.29, 0.717) is 10.7 Å². The summed E-state index contributed by atoms with van der Waals surface area (Å²) < 4.78 is 30.3. The summed E-state index contributed by atoms with van der Waals surface area (Å²) in [5, 5.41) is 13.9. The van der Waals surface area contributed by atoms with Gasteiger partial charge in [0.2, 0.25) is 15.9 Å². The summed E-state index contributed by atoms with van der Waals surface area (Å²) >= 11 is 5.85. The van der Waals surface area contributed by atoms with Crippen LogP contribution in [-0.4, -0.2) is 39.2 Å². The number of nitro benzene ring substituents is 1. The van der Waals surface area contributed by atoms with Gasteiger partial charge in [0, 0.05) is 22.8 Å². The zero-order valence-electron chi connectivity index (χ0n) is 14.4. The Labute approximate surface area is 160 Å². The van der Waals surface area contributed by atoms with Crippen LogP contribution in [-0.2, 0) is 14.8 Å². The summed E-state index contributed by atoms with van der Waals surface area (Å²) in [5.41, 5.74) is -0.0721. The molecule has 0 bridgehead atoms. The quantitative estimate of drug-likeness (QED) is 0.550. The van der Waals surface area contributed by atoms with Gasteiger partial charge in [0.1, 0.15) is 18.0 Å². The first-order valence-electron chi connectivity index (χ1n) is 7.47. The van der Waals surface area contributed by atoms with Crippen molar-refractivity contribution >= 4 is 44.6 Å². The fourth-order valence-electron chi connectivity index (χ4n) is 2.27. The minimum Gasteiger partial charge on any atom is -0.495 e. The standard InChI is InChI=1S/C16H16ClN3O6S/c1-26-15-7-6-13(20(22)23)9-14(15)19(27(2,24)25)10-16(21)18-12-5-3-4-11(17)8-12/h3-9H,10H2,1-2H3,(H,18,21). The highest BCUT2D eigenvalue weighted by atomic mass is 35.5. The SMILES string of the molecule is COc1ccc([N+](=O)[O-])cc1N(CC(=O)Nc1cccc(Cl)c1)S(C)(=O)=O. The lowest BCUT2D eigenvalue weighted by Gasteiger charge is -2.23. The van der Waals surface area contributed by atoms with Crippen LogP contribution in [0.4, 0.5) is 17.1 Å². The molecule has 0 heterocycles. The molecular formula is C16H16ClN3O6S. The van der Waals surface area contributed by atoms with Crippen LogP contribution >= 0.6 is 11.6 Å². The lowest BCUT2D eigenvalue weighted by molar-refractivity contribution is -0.384. The Morgan fingerprint density at radius 2 is 2.00 bits per heavy atom. The number of nitrogens with zero attached hydrogens (tertiary/aromatic N) is 2. The number of rotatable bonds is 7. The van der Waals surface area contributed by atoms with Gasteiger partial charge in [-0.2, -0.15) is 0 Å². The van der Waals surface area contributed by atoms with Gasteiger partial charge < -0.3 is 10.1 Å². The Hall–Kier alpha value is -2.85. The molecule has 0 saturated heterocycles. The molecule has 0 unspecified atom stereocenters. The summed E-state index contributed by atoms with van der Waals surface area (Å²) in [7, 11) is -2.66. The van der Waals surface area contributed by atoms with Crippen LogP contribution in [0, 0.1) is 10.1 Å². The van der Waals surface area contributed by atoms with Crippen molar-refractivity contribution in [1.29, 1.82) is 0 Å². The van der Waals surface area contributed by atoms with Gasteiger partial charge in [-0.3, -0.25) is 19.2 Å². The predicted octanol–water partition coefficient (Wildman–Crippen LogP) is 2.66. The Balaban J connectivity index is 2.38. The van der Waals surface area contributed by atoms with E-state index in [-0.39, 0.29) is 17.1 Å². The van der Waals surface area contributed by atoms with Gasteiger partial charge in [-0.05, 0) is 24.3 Å². The predicted molar refractivity (Wildman–Crippen MR) is 102 cm³/mol. The molecule has 2 aromatic carbocycles. The highest BCUT2D eigenvalue weighted by Gasteiger charge is 2.26. The maximum Gasteiger partial charge on any atom is 0.271 e. The average molecular weight is 414 g/mol. The van der Waals surface area contributed by atoms with Crippen molar-refractivity contribution in [3.8, 4) is 5.75 Å². The number of carbonyl (C=O) groups is 1. The number of halogens is 1. The molecule has 0 aliphatic heterocycles. The molecule has 0 aromatic heterocycles. The van der Waals surface area contributed by atoms with Crippen LogP contribution in [0.2, 0.25) is 5.02 Å². The van der Waals surface area contributed by atoms with Gasteiger partial charge in [0.15, 0.2) is 0 Å². The fraction of sp³-hybridized carbons (Fsp3) is 0.188. The van der Waals surface area contributed by atoms with E-state index in [1.165, 1.54) is 25.3 Å². The molecule has 0 aliphatic rings. The number of benzene rings is 2. The maximum absolute atomic E-state index is 12.3. The Bertz CT molecular complexity index is 980. The van der Waals surface area contributed by atoms with Crippen LogP contribution in [0.15, 0.2) is 42.5 Å². The van der Waals surface area contributed by atoms with Gasteiger partial charge in [-0.25, -0.2) is 8.42 Å². The zero-order valence-corrected chi connectivity index (χ0v) is 16.0. The summed E-state index contributed by atoms with van der Waals surface area (Å²) in [6.45, 7) is -0.608. The van der Waals surface area contributed by atoms with Gasteiger partial charge >= 0.3 is 0 Å². The average Bonchev–Trinajstić information content (AvgIpc) is 2.58. The number of amides is 1. The van der Waals surface area contributed by atoms with E-state index in [9.17, 15) is 23.3 Å². The third-order valence-corrected chi connectivity index (χ3v) is 4.80. The summed E-state index contributed by atoms with van der Waals surface area (Å²) in [4.78, 5) is 22.7. The van der Waals surface area contributed by atoms with E-state index < -0.39 is 27.4 Å². The number of non-ortho nitro benzene ring substituents is 1. The molecule has 0 radical (unpaired) electrons. The number of methoxy groups -OCH3 is 1. The van der Waals surface area contributed by atoms with Crippen molar-refractivity contribution in [2.75, 3.05) is 29.5 Å². The highest BCUT2D eigenvalue weighted by Crippen LogP contribution is 2.33.